The van der Waals surface area contributed by atoms with E-state index in [0.29, 0.717) is 0 Å². The summed E-state index contributed by atoms with van der Waals surface area (Å²) in [6.07, 6.45) is 8.40. The minimum absolute atomic E-state index is 0.173. The van der Waals surface area contributed by atoms with E-state index < -0.39 is 0 Å². The van der Waals surface area contributed by atoms with E-state index in [9.17, 15) is 0 Å². The highest BCUT2D eigenvalue weighted by Gasteiger charge is 2.28. The van der Waals surface area contributed by atoms with Gasteiger partial charge in [0.2, 0.25) is 0 Å². The van der Waals surface area contributed by atoms with E-state index in [-0.39, 0.29) is 5.54 Å². The van der Waals surface area contributed by atoms with Gasteiger partial charge in [-0.15, -0.1) is 0 Å². The molecule has 0 aliphatic carbocycles. The Hall–Kier alpha value is -0.120. The molecule has 0 bridgehead atoms. The maximum absolute atomic E-state index is 5.85. The molecule has 114 valence electrons. The van der Waals surface area contributed by atoms with Crippen molar-refractivity contribution in [3.63, 3.8) is 0 Å². The van der Waals surface area contributed by atoms with Gasteiger partial charge in [-0.3, -0.25) is 4.90 Å². The van der Waals surface area contributed by atoms with E-state index >= 15 is 0 Å². The van der Waals surface area contributed by atoms with Crippen LogP contribution in [-0.4, -0.2) is 54.6 Å². The van der Waals surface area contributed by atoms with Crippen LogP contribution in [0.5, 0.6) is 0 Å². The topological polar surface area (TPSA) is 32.5 Å². The smallest absolute Gasteiger partial charge is 0.0276 e. The zero-order chi connectivity index (χ0) is 14.1. The molecule has 1 aliphatic rings. The molecule has 19 heavy (non-hydrogen) atoms. The lowest BCUT2D eigenvalue weighted by Crippen LogP contribution is -2.57. The third kappa shape index (κ3) is 6.24. The molecule has 0 aromatic heterocycles. The Morgan fingerprint density at radius 1 is 0.895 bits per heavy atom. The highest BCUT2D eigenvalue weighted by atomic mass is 15.3. The standard InChI is InChI=1S/C16H35N3/c1-4-5-6-7-8-9-10-18-11-13-19(14-12-18)16(2,3)15-17/h4-15,17H2,1-3H3. The Labute approximate surface area is 120 Å². The summed E-state index contributed by atoms with van der Waals surface area (Å²) in [5, 5.41) is 0. The second kappa shape index (κ2) is 8.93. The fourth-order valence-electron chi connectivity index (χ4n) is 2.82. The van der Waals surface area contributed by atoms with Crippen LogP contribution >= 0.6 is 0 Å². The van der Waals surface area contributed by atoms with E-state index in [1.807, 2.05) is 0 Å². The zero-order valence-electron chi connectivity index (χ0n) is 13.5. The molecule has 0 radical (unpaired) electrons. The molecular formula is C16H35N3. The fraction of sp³-hybridized carbons (Fsp3) is 1.00. The van der Waals surface area contributed by atoms with Crippen molar-refractivity contribution in [3.05, 3.63) is 0 Å². The number of nitrogens with zero attached hydrogens (tertiary/aromatic N) is 2. The first-order valence-electron chi connectivity index (χ1n) is 8.27. The third-order valence-electron chi connectivity index (χ3n) is 4.56. The van der Waals surface area contributed by atoms with Gasteiger partial charge in [-0.2, -0.15) is 0 Å². The van der Waals surface area contributed by atoms with Gasteiger partial charge in [0.1, 0.15) is 0 Å². The minimum atomic E-state index is 0.173. The Balaban J connectivity index is 2.07. The predicted molar refractivity (Wildman–Crippen MR) is 84.5 cm³/mol. The molecule has 1 aliphatic heterocycles. The van der Waals surface area contributed by atoms with Crippen LogP contribution in [-0.2, 0) is 0 Å². The van der Waals surface area contributed by atoms with E-state index in [2.05, 4.69) is 30.6 Å². The summed E-state index contributed by atoms with van der Waals surface area (Å²) in [6, 6.07) is 0. The second-order valence-electron chi connectivity index (χ2n) is 6.61. The van der Waals surface area contributed by atoms with Gasteiger partial charge in [-0.05, 0) is 26.8 Å². The van der Waals surface area contributed by atoms with Crippen molar-refractivity contribution in [2.24, 2.45) is 5.73 Å². The number of piperazine rings is 1. The molecule has 1 heterocycles. The Bertz CT molecular complexity index is 220. The number of hydrogen-bond acceptors (Lipinski definition) is 3. The molecule has 0 aromatic carbocycles. The summed E-state index contributed by atoms with van der Waals surface area (Å²) in [4.78, 5) is 5.17. The van der Waals surface area contributed by atoms with Gasteiger partial charge >= 0.3 is 0 Å². The molecule has 0 unspecified atom stereocenters. The Morgan fingerprint density at radius 3 is 2.05 bits per heavy atom. The third-order valence-corrected chi connectivity index (χ3v) is 4.56. The summed E-state index contributed by atoms with van der Waals surface area (Å²) in [5.74, 6) is 0. The van der Waals surface area contributed by atoms with Gasteiger partial charge < -0.3 is 10.6 Å². The van der Waals surface area contributed by atoms with Crippen LogP contribution in [0.25, 0.3) is 0 Å². The molecule has 1 saturated heterocycles. The minimum Gasteiger partial charge on any atom is -0.329 e. The molecule has 0 spiro atoms. The molecule has 2 N–H and O–H groups in total. The first kappa shape index (κ1) is 16.9. The number of hydrogen-bond donors (Lipinski definition) is 1. The molecule has 0 saturated carbocycles. The number of rotatable bonds is 9. The Morgan fingerprint density at radius 2 is 1.47 bits per heavy atom. The lowest BCUT2D eigenvalue weighted by atomic mass is 10.0. The largest absolute Gasteiger partial charge is 0.329 e. The predicted octanol–water partition coefficient (Wildman–Crippen LogP) is 2.70. The summed E-state index contributed by atoms with van der Waals surface area (Å²) < 4.78 is 0. The molecule has 1 fully saturated rings. The molecule has 0 amide bonds. The SMILES string of the molecule is CCCCCCCCN1CCN(C(C)(C)CN)CC1. The van der Waals surface area contributed by atoms with Crippen molar-refractivity contribution >= 4 is 0 Å². The molecule has 0 atom stereocenters. The van der Waals surface area contributed by atoms with Crippen LogP contribution in [0.4, 0.5) is 0 Å². The highest BCUT2D eigenvalue weighted by Crippen LogP contribution is 2.16. The van der Waals surface area contributed by atoms with Crippen molar-refractivity contribution in [2.45, 2.75) is 64.8 Å². The lowest BCUT2D eigenvalue weighted by Gasteiger charge is -2.43. The van der Waals surface area contributed by atoms with Gasteiger partial charge in [0.15, 0.2) is 0 Å². The summed E-state index contributed by atoms with van der Waals surface area (Å²) in [7, 11) is 0. The molecule has 1 rings (SSSR count). The van der Waals surface area contributed by atoms with Crippen LogP contribution in [0.1, 0.15) is 59.3 Å². The molecule has 3 heteroatoms. The van der Waals surface area contributed by atoms with E-state index in [0.717, 1.165) is 6.54 Å². The van der Waals surface area contributed by atoms with Crippen molar-refractivity contribution in [2.75, 3.05) is 39.3 Å². The maximum atomic E-state index is 5.85. The van der Waals surface area contributed by atoms with Crippen molar-refractivity contribution < 1.29 is 0 Å². The fourth-order valence-corrected chi connectivity index (χ4v) is 2.82. The van der Waals surface area contributed by atoms with Crippen LogP contribution in [0.3, 0.4) is 0 Å². The number of unbranched alkanes of at least 4 members (excludes halogenated alkanes) is 5. The summed E-state index contributed by atoms with van der Waals surface area (Å²) in [5.41, 5.74) is 6.03. The van der Waals surface area contributed by atoms with Gasteiger partial charge in [-0.25, -0.2) is 0 Å². The maximum Gasteiger partial charge on any atom is 0.0276 e. The average Bonchev–Trinajstić information content (AvgIpc) is 2.43. The summed E-state index contributed by atoms with van der Waals surface area (Å²) >= 11 is 0. The van der Waals surface area contributed by atoms with Gasteiger partial charge in [-0.1, -0.05) is 39.0 Å². The van der Waals surface area contributed by atoms with Gasteiger partial charge in [0.05, 0.1) is 0 Å². The van der Waals surface area contributed by atoms with Crippen molar-refractivity contribution in [1.29, 1.82) is 0 Å². The zero-order valence-corrected chi connectivity index (χ0v) is 13.5. The summed E-state index contributed by atoms with van der Waals surface area (Å²) in [6.45, 7) is 13.7. The van der Waals surface area contributed by atoms with Crippen molar-refractivity contribution in [3.8, 4) is 0 Å². The lowest BCUT2D eigenvalue weighted by molar-refractivity contribution is 0.0562. The first-order chi connectivity index (χ1) is 9.10. The quantitative estimate of drug-likeness (QED) is 0.653. The van der Waals surface area contributed by atoms with E-state index in [1.54, 1.807) is 0 Å². The van der Waals surface area contributed by atoms with Gasteiger partial charge in [0.25, 0.3) is 0 Å². The molecule has 0 aromatic rings. The molecule has 3 nitrogen and oxygen atoms in total. The molecular weight excluding hydrogens is 234 g/mol. The van der Waals surface area contributed by atoms with Crippen LogP contribution < -0.4 is 5.73 Å². The normalized spacial score (nSPS) is 18.9. The van der Waals surface area contributed by atoms with E-state index in [1.165, 1.54) is 71.2 Å². The highest BCUT2D eigenvalue weighted by molar-refractivity contribution is 4.86. The number of nitrogens with two attached hydrogens (primary N) is 1. The van der Waals surface area contributed by atoms with Crippen LogP contribution in [0.15, 0.2) is 0 Å². The monoisotopic (exact) mass is 269 g/mol. The first-order valence-corrected chi connectivity index (χ1v) is 8.27. The van der Waals surface area contributed by atoms with Gasteiger partial charge in [0, 0.05) is 38.3 Å². The second-order valence-corrected chi connectivity index (χ2v) is 6.61. The average molecular weight is 269 g/mol. The van der Waals surface area contributed by atoms with Crippen LogP contribution in [0.2, 0.25) is 0 Å². The van der Waals surface area contributed by atoms with Crippen LogP contribution in [0, 0.1) is 0 Å². The van der Waals surface area contributed by atoms with Crippen molar-refractivity contribution in [1.82, 2.24) is 9.80 Å². The Kier molecular flexibility index (Phi) is 7.96. The van der Waals surface area contributed by atoms with E-state index in [4.69, 9.17) is 5.73 Å².